The minimum atomic E-state index is -1.07. The Bertz CT molecular complexity index is 993. The third kappa shape index (κ3) is 6.71. The molecule has 232 valence electrons. The fraction of sp³-hybridized carbons (Fsp3) is 0.862. The quantitative estimate of drug-likeness (QED) is 0.177. The van der Waals surface area contributed by atoms with Crippen LogP contribution in [-0.2, 0) is 43.2 Å². The number of rotatable bonds is 12. The molecule has 0 aromatic heterocycles. The maximum absolute atomic E-state index is 12.7. The van der Waals surface area contributed by atoms with Crippen LogP contribution in [0.4, 0.5) is 0 Å². The Morgan fingerprint density at radius 1 is 1.02 bits per heavy atom. The Hall–Kier alpha value is -2.28. The van der Waals surface area contributed by atoms with Gasteiger partial charge in [-0.05, 0) is 50.4 Å². The first kappa shape index (κ1) is 31.7. The number of hydrogen-bond acceptors (Lipinski definition) is 9. The second-order valence-corrected chi connectivity index (χ2v) is 12.5. The van der Waals surface area contributed by atoms with Crippen LogP contribution in [0.2, 0.25) is 0 Å². The lowest BCUT2D eigenvalue weighted by atomic mass is 9.58. The minimum Gasteiger partial charge on any atom is -0.480 e. The van der Waals surface area contributed by atoms with Gasteiger partial charge >= 0.3 is 11.9 Å². The largest absolute Gasteiger partial charge is 0.480 e. The standard InChI is InChI=1S/C29H46N2O10/c1-6-16(2)24(25(35)36)31-22(33)8-7-15-30-21(32)11-12-23(34)37-26-18(4)20-10-9-17(3)19-13-14-28(5)39-27(38-26)29(19,20)41-40-28/h16-20,24,26-27H,6-15H2,1-5H3,(H,30,32)(H,31,33)(H,35,36)/t16?,17-,18?,19+,20?,24?,26?,27+,28?,29?/m1/s1. The molecule has 4 aliphatic heterocycles. The number of carboxylic acids is 1. The van der Waals surface area contributed by atoms with Crippen molar-refractivity contribution in [2.75, 3.05) is 6.54 Å². The highest BCUT2D eigenvalue weighted by molar-refractivity contribution is 5.84. The molecule has 0 aromatic carbocycles. The maximum Gasteiger partial charge on any atom is 0.326 e. The zero-order valence-electron chi connectivity index (χ0n) is 24.8. The van der Waals surface area contributed by atoms with Crippen LogP contribution in [0.5, 0.6) is 0 Å². The molecule has 0 radical (unpaired) electrons. The zero-order valence-corrected chi connectivity index (χ0v) is 24.8. The third-order valence-electron chi connectivity index (χ3n) is 9.60. The summed E-state index contributed by atoms with van der Waals surface area (Å²) in [7, 11) is 0. The molecule has 10 atom stereocenters. The molecule has 12 nitrogen and oxygen atoms in total. The average Bonchev–Trinajstić information content (AvgIpc) is 3.16. The van der Waals surface area contributed by atoms with Gasteiger partial charge < -0.3 is 30.0 Å². The van der Waals surface area contributed by atoms with E-state index in [9.17, 15) is 24.3 Å². The SMILES string of the molecule is CCC(C)C(NC(=O)CCCNC(=O)CCC(=O)OC1O[C@H]2OC3(C)CC[C@H]4[C@H](C)CCC(C1C)C24OO3)C(=O)O. The molecule has 5 aliphatic rings. The number of fused-ring (bicyclic) bond motifs is 2. The highest BCUT2D eigenvalue weighted by Crippen LogP contribution is 2.60. The maximum atomic E-state index is 12.7. The van der Waals surface area contributed by atoms with Gasteiger partial charge in [-0.2, -0.15) is 0 Å². The van der Waals surface area contributed by atoms with E-state index in [4.69, 9.17) is 24.0 Å². The van der Waals surface area contributed by atoms with Crippen LogP contribution in [0.15, 0.2) is 0 Å². The van der Waals surface area contributed by atoms with Gasteiger partial charge in [0.05, 0.1) is 6.42 Å². The highest BCUT2D eigenvalue weighted by atomic mass is 17.3. The topological polar surface area (TPSA) is 159 Å². The van der Waals surface area contributed by atoms with Gasteiger partial charge in [-0.15, -0.1) is 0 Å². The van der Waals surface area contributed by atoms with Crippen molar-refractivity contribution in [2.24, 2.45) is 29.6 Å². The van der Waals surface area contributed by atoms with Gasteiger partial charge in [0, 0.05) is 37.6 Å². The number of carboxylic acid groups (broad SMARTS) is 1. The van der Waals surface area contributed by atoms with Crippen LogP contribution in [-0.4, -0.2) is 65.4 Å². The van der Waals surface area contributed by atoms with Crippen molar-refractivity contribution in [1.29, 1.82) is 0 Å². The molecule has 12 heteroatoms. The fourth-order valence-corrected chi connectivity index (χ4v) is 6.90. The smallest absolute Gasteiger partial charge is 0.326 e. The van der Waals surface area contributed by atoms with Crippen molar-refractivity contribution in [2.45, 2.75) is 122 Å². The third-order valence-corrected chi connectivity index (χ3v) is 9.60. The summed E-state index contributed by atoms with van der Waals surface area (Å²) in [5.74, 6) is -2.93. The van der Waals surface area contributed by atoms with E-state index in [1.165, 1.54) is 0 Å². The van der Waals surface area contributed by atoms with Crippen molar-refractivity contribution in [3.05, 3.63) is 0 Å². The number of carbonyl (C=O) groups excluding carboxylic acids is 3. The summed E-state index contributed by atoms with van der Waals surface area (Å²) in [5.41, 5.74) is -0.741. The molecule has 1 spiro atoms. The molecule has 41 heavy (non-hydrogen) atoms. The van der Waals surface area contributed by atoms with Gasteiger partial charge in [-0.3, -0.25) is 14.4 Å². The summed E-state index contributed by atoms with van der Waals surface area (Å²) in [6, 6.07) is -0.939. The van der Waals surface area contributed by atoms with E-state index in [-0.39, 0.29) is 61.3 Å². The average molecular weight is 583 g/mol. The van der Waals surface area contributed by atoms with E-state index >= 15 is 0 Å². The van der Waals surface area contributed by atoms with Gasteiger partial charge in [-0.1, -0.05) is 34.1 Å². The Morgan fingerprint density at radius 2 is 1.78 bits per heavy atom. The molecular weight excluding hydrogens is 536 g/mol. The predicted molar refractivity (Wildman–Crippen MR) is 143 cm³/mol. The van der Waals surface area contributed by atoms with Crippen molar-refractivity contribution in [1.82, 2.24) is 10.6 Å². The molecule has 5 fully saturated rings. The van der Waals surface area contributed by atoms with Gasteiger partial charge in [0.2, 0.25) is 23.9 Å². The summed E-state index contributed by atoms with van der Waals surface area (Å²) < 4.78 is 18.3. The molecule has 5 rings (SSSR count). The van der Waals surface area contributed by atoms with Crippen molar-refractivity contribution >= 4 is 23.8 Å². The first-order chi connectivity index (χ1) is 19.4. The number of aliphatic carboxylic acids is 1. The molecule has 7 unspecified atom stereocenters. The van der Waals surface area contributed by atoms with Gasteiger partial charge in [0.15, 0.2) is 11.9 Å². The van der Waals surface area contributed by atoms with E-state index in [1.807, 2.05) is 20.8 Å². The summed E-state index contributed by atoms with van der Waals surface area (Å²) in [4.78, 5) is 60.4. The monoisotopic (exact) mass is 582 g/mol. The lowest BCUT2D eigenvalue weighted by Crippen LogP contribution is -2.70. The first-order valence-electron chi connectivity index (χ1n) is 15.1. The second kappa shape index (κ2) is 12.9. The summed E-state index contributed by atoms with van der Waals surface area (Å²) in [6.07, 6.45) is 2.84. The normalized spacial score (nSPS) is 37.2. The predicted octanol–water partition coefficient (Wildman–Crippen LogP) is 3.03. The molecular formula is C29H46N2O10. The summed E-state index contributed by atoms with van der Waals surface area (Å²) in [5, 5.41) is 14.5. The fourth-order valence-electron chi connectivity index (χ4n) is 6.90. The number of hydrogen-bond donors (Lipinski definition) is 3. The lowest BCUT2D eigenvalue weighted by molar-refractivity contribution is -0.576. The first-order valence-corrected chi connectivity index (χ1v) is 15.1. The van der Waals surface area contributed by atoms with Crippen LogP contribution in [0.25, 0.3) is 0 Å². The molecule has 1 saturated carbocycles. The van der Waals surface area contributed by atoms with Crippen LogP contribution in [0, 0.1) is 29.6 Å². The Labute approximate surface area is 241 Å². The van der Waals surface area contributed by atoms with E-state index < -0.39 is 41.9 Å². The second-order valence-electron chi connectivity index (χ2n) is 12.5. The molecule has 2 amide bonds. The molecule has 1 aliphatic carbocycles. The van der Waals surface area contributed by atoms with E-state index in [0.717, 1.165) is 19.3 Å². The van der Waals surface area contributed by atoms with Gasteiger partial charge in [0.25, 0.3) is 0 Å². The molecule has 4 saturated heterocycles. The number of ether oxygens (including phenoxy) is 3. The molecule has 3 N–H and O–H groups in total. The molecule has 0 aromatic rings. The lowest BCUT2D eigenvalue weighted by Gasteiger charge is -2.59. The van der Waals surface area contributed by atoms with Crippen LogP contribution in [0.3, 0.4) is 0 Å². The van der Waals surface area contributed by atoms with Crippen LogP contribution in [0.1, 0.15) is 92.4 Å². The number of carbonyl (C=O) groups is 4. The van der Waals surface area contributed by atoms with Gasteiger partial charge in [0.1, 0.15) is 6.04 Å². The van der Waals surface area contributed by atoms with E-state index in [0.29, 0.717) is 25.2 Å². The van der Waals surface area contributed by atoms with Crippen molar-refractivity contribution < 1.29 is 48.3 Å². The summed E-state index contributed by atoms with van der Waals surface area (Å²) >= 11 is 0. The number of esters is 1. The molecule has 4 heterocycles. The van der Waals surface area contributed by atoms with E-state index in [2.05, 4.69) is 17.6 Å². The minimum absolute atomic E-state index is 0.0272. The molecule has 2 bridgehead atoms. The number of amides is 2. The summed E-state index contributed by atoms with van der Waals surface area (Å²) in [6.45, 7) is 9.93. The number of nitrogens with one attached hydrogen (secondary N) is 2. The Kier molecular flexibility index (Phi) is 9.98. The highest BCUT2D eigenvalue weighted by Gasteiger charge is 2.69. The zero-order chi connectivity index (χ0) is 29.9. The van der Waals surface area contributed by atoms with E-state index in [1.54, 1.807) is 6.92 Å². The Morgan fingerprint density at radius 3 is 2.49 bits per heavy atom. The van der Waals surface area contributed by atoms with Gasteiger partial charge in [-0.25, -0.2) is 14.6 Å². The van der Waals surface area contributed by atoms with Crippen molar-refractivity contribution in [3.8, 4) is 0 Å². The van der Waals surface area contributed by atoms with Crippen molar-refractivity contribution in [3.63, 3.8) is 0 Å². The Balaban J connectivity index is 1.21. The van der Waals surface area contributed by atoms with Crippen LogP contribution < -0.4 is 10.6 Å². The van der Waals surface area contributed by atoms with Crippen LogP contribution >= 0.6 is 0 Å².